The van der Waals surface area contributed by atoms with Crippen molar-refractivity contribution in [2.45, 2.75) is 18.9 Å². The summed E-state index contributed by atoms with van der Waals surface area (Å²) >= 11 is 0. The van der Waals surface area contributed by atoms with Crippen molar-refractivity contribution >= 4 is 11.5 Å². The van der Waals surface area contributed by atoms with Gasteiger partial charge in [-0.25, -0.2) is 4.98 Å². The highest BCUT2D eigenvalue weighted by Crippen LogP contribution is 2.26. The second-order valence-corrected chi connectivity index (χ2v) is 5.03. The number of hydrogen-bond acceptors (Lipinski definition) is 5. The molecule has 3 rings (SSSR count). The number of piperazine rings is 1. The molecule has 5 nitrogen and oxygen atoms in total. The SMILES string of the molecule is N#Cc1cc(N)cnc1N1CCN2CCCC2C1. The van der Waals surface area contributed by atoms with E-state index in [0.29, 0.717) is 17.3 Å². The molecule has 2 fully saturated rings. The lowest BCUT2D eigenvalue weighted by molar-refractivity contribution is 0.230. The number of nitrogens with two attached hydrogens (primary N) is 1. The van der Waals surface area contributed by atoms with Crippen molar-refractivity contribution in [3.63, 3.8) is 0 Å². The van der Waals surface area contributed by atoms with Crippen LogP contribution in [0.1, 0.15) is 18.4 Å². The highest BCUT2D eigenvalue weighted by Gasteiger charge is 2.31. The van der Waals surface area contributed by atoms with Gasteiger partial charge in [0.05, 0.1) is 17.4 Å². The maximum Gasteiger partial charge on any atom is 0.146 e. The average molecular weight is 243 g/mol. The van der Waals surface area contributed by atoms with E-state index in [0.717, 1.165) is 25.5 Å². The number of hydrogen-bond donors (Lipinski definition) is 1. The summed E-state index contributed by atoms with van der Waals surface area (Å²) in [5.41, 5.74) is 6.81. The van der Waals surface area contributed by atoms with Crippen molar-refractivity contribution in [2.24, 2.45) is 0 Å². The molecule has 2 aliphatic rings. The summed E-state index contributed by atoms with van der Waals surface area (Å²) < 4.78 is 0. The van der Waals surface area contributed by atoms with Crippen molar-refractivity contribution in [1.82, 2.24) is 9.88 Å². The predicted octanol–water partition coefficient (Wildman–Crippen LogP) is 0.820. The van der Waals surface area contributed by atoms with E-state index in [2.05, 4.69) is 20.9 Å². The highest BCUT2D eigenvalue weighted by atomic mass is 15.3. The molecule has 0 amide bonds. The molecule has 0 bridgehead atoms. The number of fused-ring (bicyclic) bond motifs is 1. The minimum Gasteiger partial charge on any atom is -0.397 e. The van der Waals surface area contributed by atoms with E-state index >= 15 is 0 Å². The van der Waals surface area contributed by atoms with Crippen molar-refractivity contribution in [3.05, 3.63) is 17.8 Å². The lowest BCUT2D eigenvalue weighted by Crippen LogP contribution is -2.50. The summed E-state index contributed by atoms with van der Waals surface area (Å²) in [6, 6.07) is 4.54. The summed E-state index contributed by atoms with van der Waals surface area (Å²) in [7, 11) is 0. The van der Waals surface area contributed by atoms with Gasteiger partial charge in [0.1, 0.15) is 11.9 Å². The topological polar surface area (TPSA) is 69.2 Å². The van der Waals surface area contributed by atoms with Gasteiger partial charge in [-0.05, 0) is 25.5 Å². The van der Waals surface area contributed by atoms with Crippen LogP contribution in [0.4, 0.5) is 11.5 Å². The Kier molecular flexibility index (Phi) is 2.80. The number of nitrogens with zero attached hydrogens (tertiary/aromatic N) is 4. The standard InChI is InChI=1S/C13H17N5/c14-7-10-6-11(15)8-16-13(10)18-5-4-17-3-1-2-12(17)9-18/h6,8,12H,1-5,9,15H2. The molecule has 0 saturated carbocycles. The normalized spacial score (nSPS) is 23.7. The molecule has 2 N–H and O–H groups in total. The molecule has 1 unspecified atom stereocenters. The van der Waals surface area contributed by atoms with E-state index in [1.54, 1.807) is 12.3 Å². The lowest BCUT2D eigenvalue weighted by Gasteiger charge is -2.38. The molecule has 94 valence electrons. The number of rotatable bonds is 1. The summed E-state index contributed by atoms with van der Waals surface area (Å²) in [4.78, 5) is 9.12. The van der Waals surface area contributed by atoms with E-state index in [1.165, 1.54) is 19.4 Å². The zero-order valence-electron chi connectivity index (χ0n) is 10.3. The third-order valence-corrected chi connectivity index (χ3v) is 3.90. The Morgan fingerprint density at radius 3 is 3.11 bits per heavy atom. The quantitative estimate of drug-likeness (QED) is 0.791. The van der Waals surface area contributed by atoms with Crippen LogP contribution in [0.2, 0.25) is 0 Å². The van der Waals surface area contributed by atoms with E-state index < -0.39 is 0 Å². The third kappa shape index (κ3) is 1.89. The minimum atomic E-state index is 0.551. The van der Waals surface area contributed by atoms with Crippen LogP contribution in [0.5, 0.6) is 0 Å². The molecule has 1 aromatic heterocycles. The fourth-order valence-electron chi connectivity index (χ4n) is 2.99. The first kappa shape index (κ1) is 11.3. The zero-order chi connectivity index (χ0) is 12.5. The maximum atomic E-state index is 9.18. The van der Waals surface area contributed by atoms with Gasteiger partial charge in [-0.1, -0.05) is 0 Å². The Hall–Kier alpha value is -1.80. The predicted molar refractivity (Wildman–Crippen MR) is 70.2 cm³/mol. The van der Waals surface area contributed by atoms with Gasteiger partial charge in [0.25, 0.3) is 0 Å². The van der Waals surface area contributed by atoms with E-state index in [-0.39, 0.29) is 0 Å². The van der Waals surface area contributed by atoms with Crippen molar-refractivity contribution in [1.29, 1.82) is 5.26 Å². The molecule has 18 heavy (non-hydrogen) atoms. The Bertz CT molecular complexity index is 493. The number of anilines is 2. The number of pyridine rings is 1. The first-order valence-electron chi connectivity index (χ1n) is 6.42. The molecular formula is C13H17N5. The number of nitriles is 1. The Labute approximate surface area is 107 Å². The Morgan fingerprint density at radius 2 is 2.28 bits per heavy atom. The highest BCUT2D eigenvalue weighted by molar-refractivity contribution is 5.59. The second kappa shape index (κ2) is 4.46. The second-order valence-electron chi connectivity index (χ2n) is 5.03. The zero-order valence-corrected chi connectivity index (χ0v) is 10.3. The van der Waals surface area contributed by atoms with Crippen LogP contribution in [-0.4, -0.2) is 42.1 Å². The van der Waals surface area contributed by atoms with Gasteiger partial charge in [-0.15, -0.1) is 0 Å². The summed E-state index contributed by atoms with van der Waals surface area (Å²) in [6.45, 7) is 4.22. The van der Waals surface area contributed by atoms with Crippen LogP contribution in [-0.2, 0) is 0 Å². The van der Waals surface area contributed by atoms with Crippen LogP contribution < -0.4 is 10.6 Å². The molecule has 0 aliphatic carbocycles. The summed E-state index contributed by atoms with van der Waals surface area (Å²) in [5.74, 6) is 0.790. The Balaban J connectivity index is 1.85. The van der Waals surface area contributed by atoms with Gasteiger partial charge in [-0.3, -0.25) is 4.90 Å². The number of aromatic nitrogens is 1. The molecule has 2 saturated heterocycles. The van der Waals surface area contributed by atoms with Gasteiger partial charge in [0.2, 0.25) is 0 Å². The van der Waals surface area contributed by atoms with E-state index in [4.69, 9.17) is 5.73 Å². The first-order chi connectivity index (χ1) is 8.78. The monoisotopic (exact) mass is 243 g/mol. The van der Waals surface area contributed by atoms with Crippen molar-refractivity contribution in [3.8, 4) is 6.07 Å². The lowest BCUT2D eigenvalue weighted by atomic mass is 10.1. The average Bonchev–Trinajstić information content (AvgIpc) is 2.85. The fourth-order valence-corrected chi connectivity index (χ4v) is 2.99. The first-order valence-corrected chi connectivity index (χ1v) is 6.42. The molecule has 5 heteroatoms. The molecule has 0 spiro atoms. The molecule has 3 heterocycles. The van der Waals surface area contributed by atoms with Gasteiger partial charge in [0, 0.05) is 25.7 Å². The largest absolute Gasteiger partial charge is 0.397 e. The summed E-state index contributed by atoms with van der Waals surface area (Å²) in [6.07, 6.45) is 4.18. The van der Waals surface area contributed by atoms with Crippen molar-refractivity contribution < 1.29 is 0 Å². The third-order valence-electron chi connectivity index (χ3n) is 3.90. The summed E-state index contributed by atoms with van der Waals surface area (Å²) in [5, 5.41) is 9.18. The molecule has 1 atom stereocenters. The maximum absolute atomic E-state index is 9.18. The Morgan fingerprint density at radius 1 is 1.39 bits per heavy atom. The molecular weight excluding hydrogens is 226 g/mol. The van der Waals surface area contributed by atoms with Gasteiger partial charge in [0.15, 0.2) is 0 Å². The molecule has 0 radical (unpaired) electrons. The smallest absolute Gasteiger partial charge is 0.146 e. The van der Waals surface area contributed by atoms with E-state index in [1.807, 2.05) is 0 Å². The van der Waals surface area contributed by atoms with Gasteiger partial charge >= 0.3 is 0 Å². The molecule has 0 aromatic carbocycles. The van der Waals surface area contributed by atoms with Crippen LogP contribution in [0.25, 0.3) is 0 Å². The van der Waals surface area contributed by atoms with Crippen LogP contribution in [0.15, 0.2) is 12.3 Å². The molecule has 1 aromatic rings. The van der Waals surface area contributed by atoms with Gasteiger partial charge < -0.3 is 10.6 Å². The fraction of sp³-hybridized carbons (Fsp3) is 0.538. The van der Waals surface area contributed by atoms with E-state index in [9.17, 15) is 5.26 Å². The van der Waals surface area contributed by atoms with Gasteiger partial charge in [-0.2, -0.15) is 5.26 Å². The van der Waals surface area contributed by atoms with Crippen molar-refractivity contribution in [2.75, 3.05) is 36.8 Å². The van der Waals surface area contributed by atoms with Crippen LogP contribution in [0.3, 0.4) is 0 Å². The van der Waals surface area contributed by atoms with Crippen LogP contribution in [0, 0.1) is 11.3 Å². The molecule has 2 aliphatic heterocycles. The number of nitrogen functional groups attached to an aromatic ring is 1. The van der Waals surface area contributed by atoms with Crippen LogP contribution >= 0.6 is 0 Å². The minimum absolute atomic E-state index is 0.551.